The molecule has 3 aromatic rings. The lowest BCUT2D eigenvalue weighted by atomic mass is 9.70. The molecule has 46 heavy (non-hydrogen) atoms. The quantitative estimate of drug-likeness (QED) is 0.0939. The predicted molar refractivity (Wildman–Crippen MR) is 174 cm³/mol. The van der Waals surface area contributed by atoms with Crippen molar-refractivity contribution in [3.63, 3.8) is 0 Å². The average molecular weight is 647 g/mol. The number of likely N-dealkylation sites (N-methyl/N-ethyl adjacent to an activating group) is 1. The van der Waals surface area contributed by atoms with Crippen molar-refractivity contribution in [2.75, 3.05) is 26.4 Å². The van der Waals surface area contributed by atoms with Crippen LogP contribution in [0.5, 0.6) is 5.75 Å². The number of carbonyl (C=O) groups is 2. The number of aliphatic imine (C=N–C) groups is 1. The number of rotatable bonds is 8. The van der Waals surface area contributed by atoms with Crippen LogP contribution in [0.2, 0.25) is 6.32 Å². The molecule has 1 fully saturated rings. The Labute approximate surface area is 267 Å². The number of methoxy groups -OCH3 is 1. The van der Waals surface area contributed by atoms with E-state index in [1.165, 1.54) is 24.2 Å². The molecule has 0 spiro atoms. The van der Waals surface area contributed by atoms with Crippen molar-refractivity contribution in [1.29, 1.82) is 0 Å². The van der Waals surface area contributed by atoms with E-state index in [0.717, 1.165) is 67.3 Å². The summed E-state index contributed by atoms with van der Waals surface area (Å²) in [5, 5.41) is 9.67. The van der Waals surface area contributed by atoms with Gasteiger partial charge in [-0.1, -0.05) is 43.3 Å². The minimum atomic E-state index is -5.00. The standard InChI is InChI=1S/C16H17BFN2.C12H14N2O2.C2H6.CHF3O.CH3NO/c1-19-8-6-14-10-11-5-7-17-15(11)16(20-14)12-3-2-4-13(18)9-12;1-16-11-5-8(7-15)4-9(12(11)13)6-14-10-2-3-10;1-2;2-1(3,4)5;2-1-3/h2-4,9-10,19H,5-8H2,1H3;4-7,10H,2-3,13H2,1H3;1-2H3;5H;1H,(H2,2,3). The number of aromatic nitrogens is 1. The number of primary amides is 1. The van der Waals surface area contributed by atoms with E-state index < -0.39 is 6.36 Å². The molecule has 5 rings (SSSR count). The van der Waals surface area contributed by atoms with Crippen molar-refractivity contribution < 1.29 is 37.0 Å². The highest BCUT2D eigenvalue weighted by molar-refractivity contribution is 6.57. The second-order valence-corrected chi connectivity index (χ2v) is 9.60. The zero-order valence-corrected chi connectivity index (χ0v) is 26.4. The number of aryl methyl sites for hydroxylation is 1. The van der Waals surface area contributed by atoms with Gasteiger partial charge in [0.15, 0.2) is 7.28 Å². The second-order valence-electron chi connectivity index (χ2n) is 9.60. The Kier molecular flexibility index (Phi) is 17.9. The molecular formula is C32H41BF4N5O4. The average Bonchev–Trinajstić information content (AvgIpc) is 3.74. The number of alkyl halides is 3. The number of ether oxygens (including phenoxy) is 1. The number of aldehydes is 1. The molecule has 2 aromatic carbocycles. The third kappa shape index (κ3) is 14.7. The molecule has 0 unspecified atom stereocenters. The number of hydrogen-bond donors (Lipinski definition) is 4. The number of halogens is 4. The fourth-order valence-corrected chi connectivity index (χ4v) is 4.13. The minimum Gasteiger partial charge on any atom is -0.495 e. The Hall–Kier alpha value is -4.30. The summed E-state index contributed by atoms with van der Waals surface area (Å²) in [6.07, 6.45) is 3.04. The number of nitrogens with one attached hydrogen (secondary N) is 1. The van der Waals surface area contributed by atoms with Crippen molar-refractivity contribution in [2.45, 2.75) is 58.3 Å². The number of anilines is 1. The van der Waals surface area contributed by atoms with E-state index >= 15 is 0 Å². The van der Waals surface area contributed by atoms with Gasteiger partial charge in [0.2, 0.25) is 6.41 Å². The molecule has 0 atom stereocenters. The fraction of sp³-hybridized carbons (Fsp3) is 0.375. The number of fused-ring (bicyclic) bond motifs is 1. The van der Waals surface area contributed by atoms with E-state index in [4.69, 9.17) is 25.4 Å². The van der Waals surface area contributed by atoms with Crippen molar-refractivity contribution >= 4 is 37.3 Å². The first kappa shape index (κ1) is 39.7. The van der Waals surface area contributed by atoms with Gasteiger partial charge < -0.3 is 26.6 Å². The van der Waals surface area contributed by atoms with E-state index in [9.17, 15) is 22.4 Å². The van der Waals surface area contributed by atoms with E-state index in [1.807, 2.05) is 27.0 Å². The first-order chi connectivity index (χ1) is 21.9. The summed E-state index contributed by atoms with van der Waals surface area (Å²) in [4.78, 5) is 28.4. The molecule has 9 nitrogen and oxygen atoms in total. The van der Waals surface area contributed by atoms with E-state index in [0.29, 0.717) is 23.0 Å². The van der Waals surface area contributed by atoms with Crippen molar-refractivity contribution in [1.82, 2.24) is 10.3 Å². The highest BCUT2D eigenvalue weighted by Gasteiger charge is 2.21. The number of amides is 1. The highest BCUT2D eigenvalue weighted by Crippen LogP contribution is 2.28. The van der Waals surface area contributed by atoms with Crippen LogP contribution in [0, 0.1) is 5.82 Å². The largest absolute Gasteiger partial charge is 0.519 e. The number of benzene rings is 2. The van der Waals surface area contributed by atoms with Crippen LogP contribution in [0.1, 0.15) is 53.9 Å². The number of aliphatic hydroxyl groups is 1. The number of nitrogens with two attached hydrogens (primary N) is 2. The van der Waals surface area contributed by atoms with Gasteiger partial charge in [-0.3, -0.25) is 19.6 Å². The lowest BCUT2D eigenvalue weighted by Gasteiger charge is -2.12. The maximum absolute atomic E-state index is 13.5. The third-order valence-electron chi connectivity index (χ3n) is 6.21. The summed E-state index contributed by atoms with van der Waals surface area (Å²) in [5.41, 5.74) is 17.3. The van der Waals surface area contributed by atoms with Crippen molar-refractivity contribution in [3.05, 3.63) is 70.7 Å². The molecule has 0 bridgehead atoms. The molecule has 1 saturated carbocycles. The zero-order valence-electron chi connectivity index (χ0n) is 26.4. The fourth-order valence-electron chi connectivity index (χ4n) is 4.13. The highest BCUT2D eigenvalue weighted by atomic mass is 19.4. The van der Waals surface area contributed by atoms with Gasteiger partial charge in [-0.2, -0.15) is 0 Å². The van der Waals surface area contributed by atoms with Crippen LogP contribution in [0.25, 0.3) is 11.3 Å². The third-order valence-corrected chi connectivity index (χ3v) is 6.21. The van der Waals surface area contributed by atoms with Gasteiger partial charge in [-0.15, -0.1) is 13.2 Å². The molecule has 0 saturated heterocycles. The molecule has 1 amide bonds. The first-order valence-electron chi connectivity index (χ1n) is 14.6. The van der Waals surface area contributed by atoms with Crippen LogP contribution in [0.4, 0.5) is 23.2 Å². The van der Waals surface area contributed by atoms with Crippen molar-refractivity contribution in [2.24, 2.45) is 10.7 Å². The molecule has 249 valence electrons. The molecular weight excluding hydrogens is 605 g/mol. The maximum atomic E-state index is 13.5. The SMILES string of the molecule is CC.CNCCc1cc2c(c(-c3cccc(F)c3)n1)[B]CC2.COc1cc(C=O)cc(C=NC2CC2)c1N.NC=O.OC(F)(F)F. The van der Waals surface area contributed by atoms with Gasteiger partial charge in [0.25, 0.3) is 0 Å². The molecule has 2 heterocycles. The summed E-state index contributed by atoms with van der Waals surface area (Å²) >= 11 is 0. The Morgan fingerprint density at radius 1 is 1.17 bits per heavy atom. The lowest BCUT2D eigenvalue weighted by molar-refractivity contribution is -0.295. The van der Waals surface area contributed by atoms with Crippen LogP contribution in [-0.2, 0) is 17.6 Å². The summed E-state index contributed by atoms with van der Waals surface area (Å²) in [6.45, 7) is 4.90. The van der Waals surface area contributed by atoms with Crippen LogP contribution in [-0.4, -0.2) is 69.4 Å². The van der Waals surface area contributed by atoms with Crippen LogP contribution < -0.4 is 27.0 Å². The van der Waals surface area contributed by atoms with Gasteiger partial charge in [-0.05, 0) is 56.6 Å². The summed E-state index contributed by atoms with van der Waals surface area (Å²) < 4.78 is 48.3. The molecule has 2 aliphatic rings. The molecule has 14 heteroatoms. The minimum absolute atomic E-state index is 0.211. The maximum Gasteiger partial charge on any atom is 0.519 e. The van der Waals surface area contributed by atoms with Crippen molar-refractivity contribution in [3.8, 4) is 17.0 Å². The summed E-state index contributed by atoms with van der Waals surface area (Å²) in [5.74, 6) is 0.304. The van der Waals surface area contributed by atoms with Gasteiger partial charge in [0.05, 0.1) is 24.5 Å². The van der Waals surface area contributed by atoms with Crippen LogP contribution >= 0.6 is 0 Å². The Morgan fingerprint density at radius 2 is 1.83 bits per heavy atom. The molecule has 1 aliphatic carbocycles. The smallest absolute Gasteiger partial charge is 0.495 e. The molecule has 6 N–H and O–H groups in total. The van der Waals surface area contributed by atoms with Crippen LogP contribution in [0.3, 0.4) is 0 Å². The number of hydrogen-bond acceptors (Lipinski definition) is 8. The monoisotopic (exact) mass is 646 g/mol. The first-order valence-corrected chi connectivity index (χ1v) is 14.6. The normalized spacial score (nSPS) is 12.7. The van der Waals surface area contributed by atoms with E-state index in [-0.39, 0.29) is 12.2 Å². The zero-order chi connectivity index (χ0) is 34.7. The molecule has 1 aliphatic heterocycles. The Morgan fingerprint density at radius 3 is 2.37 bits per heavy atom. The van der Waals surface area contributed by atoms with E-state index in [1.54, 1.807) is 30.5 Å². The molecule has 1 aromatic heterocycles. The van der Waals surface area contributed by atoms with Gasteiger partial charge in [0, 0.05) is 41.6 Å². The number of carbonyl (C=O) groups excluding carboxylic acids is 2. The number of nitrogens with zero attached hydrogens (tertiary/aromatic N) is 2. The number of pyridine rings is 1. The summed E-state index contributed by atoms with van der Waals surface area (Å²) in [7, 11) is 5.68. The Bertz CT molecular complexity index is 1410. The summed E-state index contributed by atoms with van der Waals surface area (Å²) in [6, 6.07) is 12.7. The topological polar surface area (TPSA) is 153 Å². The van der Waals surface area contributed by atoms with Gasteiger partial charge >= 0.3 is 6.36 Å². The van der Waals surface area contributed by atoms with Crippen LogP contribution in [0.15, 0.2) is 47.5 Å². The number of nitrogen functional groups attached to an aromatic ring is 1. The second kappa shape index (κ2) is 20.7. The van der Waals surface area contributed by atoms with Gasteiger partial charge in [-0.25, -0.2) is 4.39 Å². The molecule has 1 radical (unpaired) electrons. The predicted octanol–water partition coefficient (Wildman–Crippen LogP) is 4.25. The Balaban J connectivity index is 0.000000363. The van der Waals surface area contributed by atoms with Gasteiger partial charge in [0.1, 0.15) is 17.9 Å². The lowest BCUT2D eigenvalue weighted by Crippen LogP contribution is -2.19. The van der Waals surface area contributed by atoms with E-state index in [2.05, 4.69) is 29.4 Å².